The topological polar surface area (TPSA) is 86.3 Å². The van der Waals surface area contributed by atoms with E-state index in [-0.39, 0.29) is 30.2 Å². The minimum atomic E-state index is -0.262. The van der Waals surface area contributed by atoms with Crippen molar-refractivity contribution in [3.8, 4) is 0 Å². The van der Waals surface area contributed by atoms with E-state index < -0.39 is 0 Å². The monoisotopic (exact) mass is 361 g/mol. The lowest BCUT2D eigenvalue weighted by molar-refractivity contribution is -0.116. The van der Waals surface area contributed by atoms with Crippen LogP contribution in [0.1, 0.15) is 23.7 Å². The summed E-state index contributed by atoms with van der Waals surface area (Å²) in [4.78, 5) is 33.3. The summed E-state index contributed by atoms with van der Waals surface area (Å²) in [5, 5.41) is 9.41. The molecule has 7 heteroatoms. The van der Waals surface area contributed by atoms with Gasteiger partial charge in [-0.05, 0) is 38.5 Å². The number of amides is 1. The third kappa shape index (κ3) is 4.93. The number of aromatic amines is 1. The first kappa shape index (κ1) is 19.2. The Hall–Kier alpha value is -2.12. The summed E-state index contributed by atoms with van der Waals surface area (Å²) in [7, 11) is 0. The highest BCUT2D eigenvalue weighted by Crippen LogP contribution is 2.19. The molecule has 134 valence electrons. The number of hydrogen-bond acceptors (Lipinski definition) is 5. The molecule has 0 fully saturated rings. The first-order valence-corrected chi connectivity index (χ1v) is 9.15. The van der Waals surface area contributed by atoms with Crippen LogP contribution in [0.5, 0.6) is 0 Å². The molecular weight excluding hydrogens is 338 g/mol. The second-order valence-corrected chi connectivity index (χ2v) is 6.64. The quantitative estimate of drug-likeness (QED) is 0.582. The fourth-order valence-corrected chi connectivity index (χ4v) is 3.35. The first-order valence-electron chi connectivity index (χ1n) is 8.16. The van der Waals surface area contributed by atoms with Crippen LogP contribution in [0.3, 0.4) is 0 Å². The van der Waals surface area contributed by atoms with Crippen LogP contribution < -0.4 is 10.5 Å². The first-order chi connectivity index (χ1) is 12.0. The van der Waals surface area contributed by atoms with Crippen molar-refractivity contribution in [1.29, 1.82) is 0 Å². The van der Waals surface area contributed by atoms with Gasteiger partial charge in [0.1, 0.15) is 0 Å². The Morgan fingerprint density at radius 2 is 2.12 bits per heavy atom. The van der Waals surface area contributed by atoms with Crippen LogP contribution >= 0.6 is 11.8 Å². The van der Waals surface area contributed by atoms with E-state index in [1.54, 1.807) is 11.8 Å². The summed E-state index contributed by atoms with van der Waals surface area (Å²) in [6.07, 6.45) is 0.273. The molecule has 1 aromatic heterocycles. The molecule has 0 aliphatic carbocycles. The summed E-state index contributed by atoms with van der Waals surface area (Å²) in [5.41, 5.74) is 2.76. The number of rotatable bonds is 7. The third-order valence-electron chi connectivity index (χ3n) is 3.83. The number of carbonyl (C=O) groups is 1. The number of aryl methyl sites for hydroxylation is 2. The second-order valence-electron chi connectivity index (χ2n) is 5.67. The van der Waals surface area contributed by atoms with Crippen LogP contribution in [0.15, 0.2) is 34.2 Å². The minimum Gasteiger partial charge on any atom is -0.396 e. The highest BCUT2D eigenvalue weighted by atomic mass is 32.2. The van der Waals surface area contributed by atoms with E-state index in [9.17, 15) is 9.59 Å². The Morgan fingerprint density at radius 3 is 2.72 bits per heavy atom. The van der Waals surface area contributed by atoms with E-state index in [0.29, 0.717) is 23.0 Å². The van der Waals surface area contributed by atoms with Crippen LogP contribution in [-0.2, 0) is 11.2 Å². The van der Waals surface area contributed by atoms with Crippen molar-refractivity contribution in [2.24, 2.45) is 0 Å². The molecule has 1 amide bonds. The molecule has 2 aromatic rings. The Kier molecular flexibility index (Phi) is 6.78. The van der Waals surface area contributed by atoms with E-state index in [1.165, 1.54) is 11.8 Å². The molecule has 0 bridgehead atoms. The molecule has 0 saturated heterocycles. The van der Waals surface area contributed by atoms with Gasteiger partial charge in [-0.3, -0.25) is 9.59 Å². The molecule has 0 atom stereocenters. The number of anilines is 1. The van der Waals surface area contributed by atoms with Crippen molar-refractivity contribution in [3.05, 3.63) is 51.4 Å². The minimum absolute atomic E-state index is 0.0437. The standard InChI is InChI=1S/C18H23N3O3S/c1-4-21(14-7-5-6-12(2)10-14)16(23)11-25-18-19-13(3)15(8-9-22)17(24)20-18/h5-7,10,22H,4,8-9,11H2,1-3H3,(H,19,20,24). The van der Waals surface area contributed by atoms with Crippen LogP contribution in [0.25, 0.3) is 0 Å². The van der Waals surface area contributed by atoms with Crippen LogP contribution in [0.4, 0.5) is 5.69 Å². The average molecular weight is 361 g/mol. The fourth-order valence-electron chi connectivity index (χ4n) is 2.57. The molecule has 0 spiro atoms. The number of aliphatic hydroxyl groups excluding tert-OH is 1. The molecule has 2 N–H and O–H groups in total. The maximum absolute atomic E-state index is 12.6. The van der Waals surface area contributed by atoms with Crippen LogP contribution in [0, 0.1) is 13.8 Å². The Balaban J connectivity index is 2.09. The SMILES string of the molecule is CCN(C(=O)CSc1nc(C)c(CCO)c(=O)[nH]1)c1cccc(C)c1. The fraction of sp³-hybridized carbons (Fsp3) is 0.389. The summed E-state index contributed by atoms with van der Waals surface area (Å²) >= 11 is 1.21. The van der Waals surface area contributed by atoms with E-state index in [2.05, 4.69) is 9.97 Å². The number of benzene rings is 1. The van der Waals surface area contributed by atoms with Crippen molar-refractivity contribution in [2.45, 2.75) is 32.3 Å². The lowest BCUT2D eigenvalue weighted by Crippen LogP contribution is -2.32. The second kappa shape index (κ2) is 8.82. The van der Waals surface area contributed by atoms with Gasteiger partial charge in [0.2, 0.25) is 5.91 Å². The number of nitrogens with one attached hydrogen (secondary N) is 1. The Bertz CT molecular complexity index is 804. The zero-order valence-corrected chi connectivity index (χ0v) is 15.5. The maximum atomic E-state index is 12.6. The van der Waals surface area contributed by atoms with Crippen molar-refractivity contribution in [1.82, 2.24) is 9.97 Å². The number of nitrogens with zero attached hydrogens (tertiary/aromatic N) is 2. The molecule has 2 rings (SSSR count). The molecule has 0 saturated carbocycles. The smallest absolute Gasteiger partial charge is 0.255 e. The van der Waals surface area contributed by atoms with Gasteiger partial charge in [0.05, 0.1) is 5.75 Å². The van der Waals surface area contributed by atoms with Gasteiger partial charge < -0.3 is 15.0 Å². The van der Waals surface area contributed by atoms with E-state index >= 15 is 0 Å². The molecule has 0 unspecified atom stereocenters. The molecular formula is C18H23N3O3S. The summed E-state index contributed by atoms with van der Waals surface area (Å²) in [5.74, 6) is 0.140. The summed E-state index contributed by atoms with van der Waals surface area (Å²) < 4.78 is 0. The van der Waals surface area contributed by atoms with Crippen molar-refractivity contribution in [3.63, 3.8) is 0 Å². The number of aliphatic hydroxyl groups is 1. The number of H-pyrrole nitrogens is 1. The van der Waals surface area contributed by atoms with E-state index in [0.717, 1.165) is 11.3 Å². The predicted octanol–water partition coefficient (Wildman–Crippen LogP) is 2.07. The number of carbonyl (C=O) groups excluding carboxylic acids is 1. The van der Waals surface area contributed by atoms with Gasteiger partial charge in [0, 0.05) is 36.5 Å². The molecule has 0 aliphatic heterocycles. The average Bonchev–Trinajstić information content (AvgIpc) is 2.57. The van der Waals surface area contributed by atoms with Crippen molar-refractivity contribution >= 4 is 23.4 Å². The maximum Gasteiger partial charge on any atom is 0.255 e. The highest BCUT2D eigenvalue weighted by Gasteiger charge is 2.16. The van der Waals surface area contributed by atoms with Gasteiger partial charge in [-0.15, -0.1) is 0 Å². The molecule has 25 heavy (non-hydrogen) atoms. The van der Waals surface area contributed by atoms with Gasteiger partial charge in [-0.1, -0.05) is 23.9 Å². The number of aromatic nitrogens is 2. The predicted molar refractivity (Wildman–Crippen MR) is 100 cm³/mol. The largest absolute Gasteiger partial charge is 0.396 e. The Labute approximate surface area is 151 Å². The lowest BCUT2D eigenvalue weighted by Gasteiger charge is -2.21. The summed E-state index contributed by atoms with van der Waals surface area (Å²) in [6.45, 7) is 6.12. The number of thioether (sulfide) groups is 1. The summed E-state index contributed by atoms with van der Waals surface area (Å²) in [6, 6.07) is 7.80. The van der Waals surface area contributed by atoms with Gasteiger partial charge in [0.25, 0.3) is 5.56 Å². The Morgan fingerprint density at radius 1 is 1.36 bits per heavy atom. The van der Waals surface area contributed by atoms with Crippen molar-refractivity contribution in [2.75, 3.05) is 23.8 Å². The van der Waals surface area contributed by atoms with Gasteiger partial charge >= 0.3 is 0 Å². The van der Waals surface area contributed by atoms with E-state index in [1.807, 2.05) is 38.1 Å². The van der Waals surface area contributed by atoms with Crippen molar-refractivity contribution < 1.29 is 9.90 Å². The number of hydrogen-bond donors (Lipinski definition) is 2. The third-order valence-corrected chi connectivity index (χ3v) is 4.68. The van der Waals surface area contributed by atoms with Crippen LogP contribution in [0.2, 0.25) is 0 Å². The molecule has 1 heterocycles. The molecule has 1 aromatic carbocycles. The molecule has 0 radical (unpaired) electrons. The van der Waals surface area contributed by atoms with Gasteiger partial charge in [-0.2, -0.15) is 0 Å². The lowest BCUT2D eigenvalue weighted by atomic mass is 10.2. The van der Waals surface area contributed by atoms with Gasteiger partial charge in [-0.25, -0.2) is 4.98 Å². The zero-order chi connectivity index (χ0) is 18.4. The highest BCUT2D eigenvalue weighted by molar-refractivity contribution is 7.99. The zero-order valence-electron chi connectivity index (χ0n) is 14.7. The van der Waals surface area contributed by atoms with E-state index in [4.69, 9.17) is 5.11 Å². The molecule has 6 nitrogen and oxygen atoms in total. The van der Waals surface area contributed by atoms with Crippen LogP contribution in [-0.4, -0.2) is 39.9 Å². The van der Waals surface area contributed by atoms with Gasteiger partial charge in [0.15, 0.2) is 5.16 Å². The normalized spacial score (nSPS) is 10.7. The molecule has 0 aliphatic rings.